The van der Waals surface area contributed by atoms with Crippen LogP contribution in [0.2, 0.25) is 0 Å². The van der Waals surface area contributed by atoms with Crippen LogP contribution in [-0.4, -0.2) is 24.0 Å². The molecule has 0 aromatic heterocycles. The Morgan fingerprint density at radius 1 is 1.10 bits per heavy atom. The van der Waals surface area contributed by atoms with Crippen LogP contribution in [-0.2, 0) is 13.1 Å². The van der Waals surface area contributed by atoms with E-state index in [1.54, 1.807) is 0 Å². The summed E-state index contributed by atoms with van der Waals surface area (Å²) in [5, 5.41) is 3.50. The molecule has 1 N–H and O–H groups in total. The first-order chi connectivity index (χ1) is 10.0. The third kappa shape index (κ3) is 5.44. The summed E-state index contributed by atoms with van der Waals surface area (Å²) in [7, 11) is 0. The van der Waals surface area contributed by atoms with Crippen molar-refractivity contribution >= 4 is 0 Å². The van der Waals surface area contributed by atoms with Crippen LogP contribution in [0.15, 0.2) is 24.3 Å². The number of rotatable bonds is 6. The van der Waals surface area contributed by atoms with Gasteiger partial charge in [-0.1, -0.05) is 45.0 Å². The largest absolute Gasteiger partial charge is 0.312 e. The number of piperidine rings is 1. The summed E-state index contributed by atoms with van der Waals surface area (Å²) in [5.41, 5.74) is 2.84. The van der Waals surface area contributed by atoms with E-state index in [0.29, 0.717) is 5.92 Å². The van der Waals surface area contributed by atoms with Crippen molar-refractivity contribution in [2.24, 2.45) is 11.8 Å². The van der Waals surface area contributed by atoms with Gasteiger partial charge in [-0.2, -0.15) is 0 Å². The van der Waals surface area contributed by atoms with Crippen LogP contribution < -0.4 is 5.32 Å². The molecule has 1 aromatic carbocycles. The fourth-order valence-electron chi connectivity index (χ4n) is 3.10. The topological polar surface area (TPSA) is 15.3 Å². The number of nitrogens with one attached hydrogen (secondary N) is 1. The van der Waals surface area contributed by atoms with Gasteiger partial charge < -0.3 is 5.32 Å². The molecule has 1 aliphatic rings. The van der Waals surface area contributed by atoms with E-state index >= 15 is 0 Å². The Hall–Kier alpha value is -0.860. The molecule has 1 heterocycles. The summed E-state index contributed by atoms with van der Waals surface area (Å²) < 4.78 is 0. The van der Waals surface area contributed by atoms with E-state index in [-0.39, 0.29) is 0 Å². The van der Waals surface area contributed by atoms with Crippen LogP contribution >= 0.6 is 0 Å². The number of hydrogen-bond donors (Lipinski definition) is 1. The zero-order valence-corrected chi connectivity index (χ0v) is 14.2. The van der Waals surface area contributed by atoms with Crippen LogP contribution in [0, 0.1) is 11.8 Å². The van der Waals surface area contributed by atoms with Crippen LogP contribution in [0.25, 0.3) is 0 Å². The predicted molar refractivity (Wildman–Crippen MR) is 91.3 cm³/mol. The van der Waals surface area contributed by atoms with E-state index in [1.165, 1.54) is 30.5 Å². The maximum atomic E-state index is 3.50. The van der Waals surface area contributed by atoms with Gasteiger partial charge in [0.05, 0.1) is 0 Å². The zero-order valence-electron chi connectivity index (χ0n) is 14.2. The molecule has 2 unspecified atom stereocenters. The van der Waals surface area contributed by atoms with Gasteiger partial charge in [-0.25, -0.2) is 0 Å². The van der Waals surface area contributed by atoms with E-state index in [4.69, 9.17) is 0 Å². The standard InChI is InChI=1S/C19H32N2/c1-15(2)11-20-12-18-7-9-19(10-8-18)14-21-13-16(3)5-6-17(21)4/h7-10,15-17,20H,5-6,11-14H2,1-4H3. The maximum absolute atomic E-state index is 3.50. The molecular weight excluding hydrogens is 256 g/mol. The Bertz CT molecular complexity index is 410. The van der Waals surface area contributed by atoms with Crippen LogP contribution in [0.4, 0.5) is 0 Å². The normalized spacial score (nSPS) is 23.7. The molecule has 1 aromatic rings. The van der Waals surface area contributed by atoms with Crippen molar-refractivity contribution in [2.45, 2.75) is 59.7 Å². The second-order valence-corrected chi connectivity index (χ2v) is 7.30. The molecule has 2 rings (SSSR count). The van der Waals surface area contributed by atoms with E-state index in [9.17, 15) is 0 Å². The van der Waals surface area contributed by atoms with Gasteiger partial charge in [0.25, 0.3) is 0 Å². The second kappa shape index (κ2) is 7.95. The number of benzene rings is 1. The Morgan fingerprint density at radius 2 is 1.76 bits per heavy atom. The second-order valence-electron chi connectivity index (χ2n) is 7.30. The summed E-state index contributed by atoms with van der Waals surface area (Å²) in [6.45, 7) is 13.7. The highest BCUT2D eigenvalue weighted by Gasteiger charge is 2.22. The first-order valence-electron chi connectivity index (χ1n) is 8.57. The molecule has 118 valence electrons. The molecule has 2 atom stereocenters. The lowest BCUT2D eigenvalue weighted by molar-refractivity contribution is 0.117. The fourth-order valence-corrected chi connectivity index (χ4v) is 3.10. The van der Waals surface area contributed by atoms with Gasteiger partial charge >= 0.3 is 0 Å². The van der Waals surface area contributed by atoms with Crippen molar-refractivity contribution < 1.29 is 0 Å². The van der Waals surface area contributed by atoms with Crippen molar-refractivity contribution in [3.8, 4) is 0 Å². The minimum atomic E-state index is 0.715. The highest BCUT2D eigenvalue weighted by atomic mass is 15.2. The number of nitrogens with zero attached hydrogens (tertiary/aromatic N) is 1. The molecule has 0 aliphatic carbocycles. The monoisotopic (exact) mass is 288 g/mol. The first-order valence-corrected chi connectivity index (χ1v) is 8.57. The average molecular weight is 288 g/mol. The van der Waals surface area contributed by atoms with Gasteiger partial charge in [-0.15, -0.1) is 0 Å². The van der Waals surface area contributed by atoms with Gasteiger partial charge in [0.2, 0.25) is 0 Å². The predicted octanol–water partition coefficient (Wildman–Crippen LogP) is 4.05. The Labute approximate surface area is 130 Å². The third-order valence-corrected chi connectivity index (χ3v) is 4.54. The van der Waals surface area contributed by atoms with Crippen molar-refractivity contribution in [3.63, 3.8) is 0 Å². The van der Waals surface area contributed by atoms with Crippen molar-refractivity contribution in [1.82, 2.24) is 10.2 Å². The summed E-state index contributed by atoms with van der Waals surface area (Å²) in [4.78, 5) is 2.64. The summed E-state index contributed by atoms with van der Waals surface area (Å²) in [6.07, 6.45) is 2.73. The van der Waals surface area contributed by atoms with E-state index in [2.05, 4.69) is 62.2 Å². The Kier molecular flexibility index (Phi) is 6.25. The maximum Gasteiger partial charge on any atom is 0.0236 e. The highest BCUT2D eigenvalue weighted by molar-refractivity contribution is 5.22. The van der Waals surface area contributed by atoms with Crippen molar-refractivity contribution in [3.05, 3.63) is 35.4 Å². The molecule has 0 amide bonds. The lowest BCUT2D eigenvalue weighted by Gasteiger charge is -2.36. The SMILES string of the molecule is CC(C)CNCc1ccc(CN2CC(C)CCC2C)cc1. The first kappa shape index (κ1) is 16.5. The van der Waals surface area contributed by atoms with E-state index in [1.807, 2.05) is 0 Å². The molecular formula is C19H32N2. The molecule has 2 nitrogen and oxygen atoms in total. The summed E-state index contributed by atoms with van der Waals surface area (Å²) >= 11 is 0. The van der Waals surface area contributed by atoms with Crippen molar-refractivity contribution in [2.75, 3.05) is 13.1 Å². The lowest BCUT2D eigenvalue weighted by Crippen LogP contribution is -2.40. The van der Waals surface area contributed by atoms with Gasteiger partial charge in [0, 0.05) is 25.7 Å². The van der Waals surface area contributed by atoms with E-state index < -0.39 is 0 Å². The summed E-state index contributed by atoms with van der Waals surface area (Å²) in [5.74, 6) is 1.56. The van der Waals surface area contributed by atoms with Crippen molar-refractivity contribution in [1.29, 1.82) is 0 Å². The lowest BCUT2D eigenvalue weighted by atomic mass is 9.94. The number of likely N-dealkylation sites (tertiary alicyclic amines) is 1. The minimum Gasteiger partial charge on any atom is -0.312 e. The highest BCUT2D eigenvalue weighted by Crippen LogP contribution is 2.23. The number of hydrogen-bond acceptors (Lipinski definition) is 2. The van der Waals surface area contributed by atoms with E-state index in [0.717, 1.165) is 31.6 Å². The van der Waals surface area contributed by atoms with Crippen LogP contribution in [0.1, 0.15) is 51.7 Å². The molecule has 2 heteroatoms. The Balaban J connectivity index is 1.84. The minimum absolute atomic E-state index is 0.715. The summed E-state index contributed by atoms with van der Waals surface area (Å²) in [6, 6.07) is 9.90. The van der Waals surface area contributed by atoms with Crippen LogP contribution in [0.5, 0.6) is 0 Å². The Morgan fingerprint density at radius 3 is 2.43 bits per heavy atom. The quantitative estimate of drug-likeness (QED) is 0.849. The van der Waals surface area contributed by atoms with Gasteiger partial charge in [0.1, 0.15) is 0 Å². The molecule has 21 heavy (non-hydrogen) atoms. The molecule has 1 fully saturated rings. The molecule has 1 saturated heterocycles. The molecule has 0 spiro atoms. The average Bonchev–Trinajstić information content (AvgIpc) is 2.44. The molecule has 0 bridgehead atoms. The molecule has 1 aliphatic heterocycles. The fraction of sp³-hybridized carbons (Fsp3) is 0.684. The van der Waals surface area contributed by atoms with Gasteiger partial charge in [0.15, 0.2) is 0 Å². The zero-order chi connectivity index (χ0) is 15.2. The molecule has 0 saturated carbocycles. The molecule has 0 radical (unpaired) electrons. The van der Waals surface area contributed by atoms with Gasteiger partial charge in [-0.3, -0.25) is 4.90 Å². The van der Waals surface area contributed by atoms with Crippen LogP contribution in [0.3, 0.4) is 0 Å². The van der Waals surface area contributed by atoms with Gasteiger partial charge in [-0.05, 0) is 49.3 Å². The smallest absolute Gasteiger partial charge is 0.0236 e. The third-order valence-electron chi connectivity index (χ3n) is 4.54.